The number of thiazole rings is 1. The number of aromatic nitrogens is 1. The Kier molecular flexibility index (Phi) is 5.04. The average molecular weight is 379 g/mol. The first-order valence-electron chi connectivity index (χ1n) is 8.88. The quantitative estimate of drug-likeness (QED) is 0.607. The summed E-state index contributed by atoms with van der Waals surface area (Å²) >= 11 is 1.41. The van der Waals surface area contributed by atoms with Crippen LogP contribution in [0, 0.1) is 0 Å². The van der Waals surface area contributed by atoms with Crippen LogP contribution < -0.4 is 21.3 Å². The second kappa shape index (κ2) is 7.77. The zero-order chi connectivity index (χ0) is 18.6. The maximum atomic E-state index is 12.7. The van der Waals surface area contributed by atoms with Crippen LogP contribution in [-0.2, 0) is 0 Å². The van der Waals surface area contributed by atoms with Gasteiger partial charge < -0.3 is 21.3 Å². The Bertz CT molecular complexity index is 935. The van der Waals surface area contributed by atoms with E-state index in [2.05, 4.69) is 20.5 Å². The fraction of sp³-hybridized carbons (Fsp3) is 0.200. The Morgan fingerprint density at radius 2 is 1.89 bits per heavy atom. The number of nitrogen functional groups attached to an aromatic ring is 1. The third kappa shape index (κ3) is 3.94. The van der Waals surface area contributed by atoms with Crippen LogP contribution in [0.2, 0.25) is 0 Å². The number of rotatable bonds is 4. The van der Waals surface area contributed by atoms with Crippen molar-refractivity contribution >= 4 is 33.6 Å². The van der Waals surface area contributed by atoms with Gasteiger partial charge in [-0.1, -0.05) is 47.7 Å². The molecule has 2 aromatic carbocycles. The Balaban J connectivity index is 1.52. The number of nitrogens with one attached hydrogen (secondary N) is 2. The average Bonchev–Trinajstić information content (AvgIpc) is 3.21. The summed E-state index contributed by atoms with van der Waals surface area (Å²) in [7, 11) is 0. The second-order valence-electron chi connectivity index (χ2n) is 6.36. The molecule has 7 heteroatoms. The van der Waals surface area contributed by atoms with Crippen LogP contribution in [0.1, 0.15) is 9.80 Å². The number of benzene rings is 2. The Morgan fingerprint density at radius 3 is 2.67 bits per heavy atom. The van der Waals surface area contributed by atoms with Crippen LogP contribution in [0.4, 0.5) is 16.4 Å². The van der Waals surface area contributed by atoms with Gasteiger partial charge in [0.1, 0.15) is 5.00 Å². The van der Waals surface area contributed by atoms with Crippen LogP contribution in [0.5, 0.6) is 0 Å². The number of piperazine rings is 1. The number of carbonyl (C=O) groups is 1. The van der Waals surface area contributed by atoms with Crippen molar-refractivity contribution in [3.8, 4) is 11.1 Å². The van der Waals surface area contributed by atoms with Crippen molar-refractivity contribution in [2.45, 2.75) is 0 Å². The van der Waals surface area contributed by atoms with Crippen molar-refractivity contribution in [3.63, 3.8) is 0 Å². The van der Waals surface area contributed by atoms with Crippen molar-refractivity contribution in [2.24, 2.45) is 0 Å². The van der Waals surface area contributed by atoms with Crippen molar-refractivity contribution in [3.05, 3.63) is 59.7 Å². The molecule has 138 valence electrons. The lowest BCUT2D eigenvalue weighted by Gasteiger charge is -2.27. The summed E-state index contributed by atoms with van der Waals surface area (Å²) in [6, 6.07) is 15.7. The molecule has 1 aliphatic heterocycles. The monoisotopic (exact) mass is 379 g/mol. The number of carbonyl (C=O) groups excluding carboxylic acids is 1. The molecule has 4 rings (SSSR count). The first-order valence-corrected chi connectivity index (χ1v) is 9.70. The van der Waals surface area contributed by atoms with Crippen LogP contribution in [0.15, 0.2) is 54.7 Å². The fourth-order valence-electron chi connectivity index (χ4n) is 3.05. The van der Waals surface area contributed by atoms with Crippen molar-refractivity contribution in [2.75, 3.05) is 42.1 Å². The number of amides is 1. The van der Waals surface area contributed by atoms with Crippen molar-refractivity contribution < 1.29 is 4.79 Å². The lowest BCUT2D eigenvalue weighted by molar-refractivity contribution is 0.102. The van der Waals surface area contributed by atoms with Crippen LogP contribution in [-0.4, -0.2) is 37.1 Å². The van der Waals surface area contributed by atoms with E-state index in [0.717, 1.165) is 42.3 Å². The van der Waals surface area contributed by atoms with E-state index in [1.165, 1.54) is 11.3 Å². The van der Waals surface area contributed by atoms with E-state index in [1.807, 2.05) is 48.5 Å². The molecule has 4 N–H and O–H groups in total. The molecule has 2 heterocycles. The number of hydrogen-bond acceptors (Lipinski definition) is 6. The molecule has 1 saturated heterocycles. The SMILES string of the molecule is Nc1ccc(-c2ccccc2)cc1NC(=O)c1ncc(N2CCNCC2)s1. The predicted octanol–water partition coefficient (Wildman–Crippen LogP) is 3.05. The highest BCUT2D eigenvalue weighted by atomic mass is 32.1. The van der Waals surface area contributed by atoms with Gasteiger partial charge in [-0.05, 0) is 23.3 Å². The van der Waals surface area contributed by atoms with E-state index < -0.39 is 0 Å². The highest BCUT2D eigenvalue weighted by Crippen LogP contribution is 2.29. The van der Waals surface area contributed by atoms with Crippen molar-refractivity contribution in [1.29, 1.82) is 0 Å². The zero-order valence-electron chi connectivity index (χ0n) is 14.8. The van der Waals surface area contributed by atoms with Gasteiger partial charge in [-0.15, -0.1) is 0 Å². The molecule has 1 aliphatic rings. The van der Waals surface area contributed by atoms with Crippen LogP contribution in [0.3, 0.4) is 0 Å². The van der Waals surface area contributed by atoms with E-state index in [9.17, 15) is 4.79 Å². The van der Waals surface area contributed by atoms with Gasteiger partial charge in [0.25, 0.3) is 5.91 Å². The van der Waals surface area contributed by atoms with Crippen LogP contribution >= 0.6 is 11.3 Å². The van der Waals surface area contributed by atoms with E-state index in [1.54, 1.807) is 6.20 Å². The maximum Gasteiger partial charge on any atom is 0.284 e. The largest absolute Gasteiger partial charge is 0.397 e. The number of anilines is 3. The summed E-state index contributed by atoms with van der Waals surface area (Å²) in [4.78, 5) is 19.2. The predicted molar refractivity (Wildman–Crippen MR) is 111 cm³/mol. The molecule has 27 heavy (non-hydrogen) atoms. The zero-order valence-corrected chi connectivity index (χ0v) is 15.6. The van der Waals surface area contributed by atoms with Crippen molar-refractivity contribution in [1.82, 2.24) is 10.3 Å². The first kappa shape index (κ1) is 17.5. The fourth-order valence-corrected chi connectivity index (χ4v) is 3.92. The molecular weight excluding hydrogens is 358 g/mol. The summed E-state index contributed by atoms with van der Waals surface area (Å²) in [5, 5.41) is 7.69. The molecule has 0 saturated carbocycles. The van der Waals surface area contributed by atoms with Gasteiger partial charge in [0.05, 0.1) is 17.6 Å². The summed E-state index contributed by atoms with van der Waals surface area (Å²) in [5.74, 6) is -0.238. The highest BCUT2D eigenvalue weighted by molar-refractivity contribution is 7.17. The lowest BCUT2D eigenvalue weighted by atomic mass is 10.0. The molecule has 0 radical (unpaired) electrons. The topological polar surface area (TPSA) is 83.3 Å². The Labute approximate surface area is 162 Å². The van der Waals surface area contributed by atoms with Gasteiger partial charge in [-0.2, -0.15) is 0 Å². The number of nitrogens with two attached hydrogens (primary N) is 1. The molecule has 1 fully saturated rings. The molecule has 0 atom stereocenters. The van der Waals surface area contributed by atoms with Crippen LogP contribution in [0.25, 0.3) is 11.1 Å². The summed E-state index contributed by atoms with van der Waals surface area (Å²) in [6.45, 7) is 3.75. The maximum absolute atomic E-state index is 12.7. The van der Waals surface area contributed by atoms with Gasteiger partial charge in [0.15, 0.2) is 5.01 Å². The smallest absolute Gasteiger partial charge is 0.284 e. The van der Waals surface area contributed by atoms with E-state index in [-0.39, 0.29) is 5.91 Å². The molecule has 0 unspecified atom stereocenters. The van der Waals surface area contributed by atoms with Gasteiger partial charge >= 0.3 is 0 Å². The molecular formula is C20H21N5OS. The number of hydrogen-bond donors (Lipinski definition) is 3. The van der Waals surface area contributed by atoms with Gasteiger partial charge in [0.2, 0.25) is 0 Å². The van der Waals surface area contributed by atoms with E-state index >= 15 is 0 Å². The lowest BCUT2D eigenvalue weighted by Crippen LogP contribution is -2.43. The van der Waals surface area contributed by atoms with Gasteiger partial charge in [-0.25, -0.2) is 4.98 Å². The van der Waals surface area contributed by atoms with E-state index in [4.69, 9.17) is 5.73 Å². The van der Waals surface area contributed by atoms with Gasteiger partial charge in [-0.3, -0.25) is 4.79 Å². The third-order valence-electron chi connectivity index (χ3n) is 4.53. The van der Waals surface area contributed by atoms with Gasteiger partial charge in [0, 0.05) is 26.2 Å². The minimum Gasteiger partial charge on any atom is -0.397 e. The molecule has 6 nitrogen and oxygen atoms in total. The summed E-state index contributed by atoms with van der Waals surface area (Å²) < 4.78 is 0. The minimum atomic E-state index is -0.238. The van der Waals surface area contributed by atoms with E-state index in [0.29, 0.717) is 16.4 Å². The summed E-state index contributed by atoms with van der Waals surface area (Å²) in [6.07, 6.45) is 1.77. The third-order valence-corrected chi connectivity index (χ3v) is 5.58. The highest BCUT2D eigenvalue weighted by Gasteiger charge is 2.17. The molecule has 0 aliphatic carbocycles. The molecule has 1 aromatic heterocycles. The Morgan fingerprint density at radius 1 is 1.11 bits per heavy atom. The normalized spacial score (nSPS) is 14.1. The second-order valence-corrected chi connectivity index (χ2v) is 7.37. The number of nitrogens with zero attached hydrogens (tertiary/aromatic N) is 2. The standard InChI is InChI=1S/C20H21N5OS/c21-16-7-6-15(14-4-2-1-3-5-14)12-17(16)24-19(26)20-23-13-18(27-20)25-10-8-22-9-11-25/h1-7,12-13,22H,8-11,21H2,(H,24,26). The Hall–Kier alpha value is -2.90. The minimum absolute atomic E-state index is 0.238. The first-order chi connectivity index (χ1) is 13.2. The molecule has 0 spiro atoms. The molecule has 0 bridgehead atoms. The summed E-state index contributed by atoms with van der Waals surface area (Å²) in [5.41, 5.74) is 9.27. The molecule has 3 aromatic rings. The molecule has 1 amide bonds.